The molecule has 0 atom stereocenters. The Kier molecular flexibility index (Phi) is 3.51. The van der Waals surface area contributed by atoms with E-state index in [-0.39, 0.29) is 4.90 Å². The Morgan fingerprint density at radius 3 is 2.32 bits per heavy atom. The summed E-state index contributed by atoms with van der Waals surface area (Å²) in [6.07, 6.45) is 0. The number of nitrogens with zero attached hydrogens (tertiary/aromatic N) is 1. The normalized spacial score (nSPS) is 10.7. The van der Waals surface area contributed by atoms with Gasteiger partial charge in [-0.25, -0.2) is 13.6 Å². The van der Waals surface area contributed by atoms with Gasteiger partial charge < -0.3 is 5.32 Å². The minimum Gasteiger partial charge on any atom is -0.355 e. The molecule has 0 aromatic heterocycles. The molecule has 2 rings (SSSR count). The van der Waals surface area contributed by atoms with Crippen LogP contribution >= 0.6 is 0 Å². The average molecular weight is 273 g/mol. The second kappa shape index (κ2) is 5.10. The lowest BCUT2D eigenvalue weighted by molar-refractivity contribution is 0.598. The molecule has 0 fully saturated rings. The molecule has 3 N–H and O–H groups in total. The van der Waals surface area contributed by atoms with Crippen LogP contribution in [-0.2, 0) is 10.0 Å². The van der Waals surface area contributed by atoms with Gasteiger partial charge in [0.2, 0.25) is 10.0 Å². The third-order valence-electron chi connectivity index (χ3n) is 2.46. The molecule has 5 nitrogen and oxygen atoms in total. The van der Waals surface area contributed by atoms with Crippen molar-refractivity contribution in [3.8, 4) is 6.07 Å². The zero-order chi connectivity index (χ0) is 13.9. The van der Waals surface area contributed by atoms with Crippen LogP contribution < -0.4 is 10.5 Å². The molecular weight excluding hydrogens is 262 g/mol. The van der Waals surface area contributed by atoms with Crippen LogP contribution in [0.2, 0.25) is 0 Å². The van der Waals surface area contributed by atoms with Crippen LogP contribution in [0.25, 0.3) is 0 Å². The summed E-state index contributed by atoms with van der Waals surface area (Å²) in [5.41, 5.74) is 2.01. The number of primary sulfonamides is 1. The second-order valence-corrected chi connectivity index (χ2v) is 5.45. The summed E-state index contributed by atoms with van der Waals surface area (Å²) in [7, 11) is -3.67. The van der Waals surface area contributed by atoms with Gasteiger partial charge in [-0.15, -0.1) is 0 Å². The number of sulfonamides is 1. The zero-order valence-corrected chi connectivity index (χ0v) is 10.7. The van der Waals surface area contributed by atoms with Crippen molar-refractivity contribution in [1.29, 1.82) is 5.26 Å². The Balaban J connectivity index is 2.22. The first kappa shape index (κ1) is 13.1. The fourth-order valence-electron chi connectivity index (χ4n) is 1.56. The third kappa shape index (κ3) is 3.31. The molecular formula is C13H11N3O2S. The van der Waals surface area contributed by atoms with Gasteiger partial charge in [-0.2, -0.15) is 5.26 Å². The average Bonchev–Trinajstić information content (AvgIpc) is 2.38. The summed E-state index contributed by atoms with van der Waals surface area (Å²) < 4.78 is 22.2. The van der Waals surface area contributed by atoms with Crippen molar-refractivity contribution in [2.45, 2.75) is 4.90 Å². The number of anilines is 2. The van der Waals surface area contributed by atoms with Crippen LogP contribution in [0, 0.1) is 11.3 Å². The zero-order valence-electron chi connectivity index (χ0n) is 9.87. The monoisotopic (exact) mass is 273 g/mol. The number of benzene rings is 2. The smallest absolute Gasteiger partial charge is 0.238 e. The highest BCUT2D eigenvalue weighted by Gasteiger charge is 2.06. The molecule has 0 spiro atoms. The van der Waals surface area contributed by atoms with Crippen molar-refractivity contribution in [2.24, 2.45) is 5.14 Å². The molecule has 96 valence electrons. The predicted molar refractivity (Wildman–Crippen MR) is 72.3 cm³/mol. The summed E-state index contributed by atoms with van der Waals surface area (Å²) in [5.74, 6) is 0. The molecule has 0 radical (unpaired) electrons. The molecule has 0 unspecified atom stereocenters. The number of nitrogens with two attached hydrogens (primary N) is 1. The molecule has 6 heteroatoms. The minimum absolute atomic E-state index is 0.0591. The Labute approximate surface area is 111 Å². The molecule has 0 aliphatic carbocycles. The van der Waals surface area contributed by atoms with E-state index in [2.05, 4.69) is 5.32 Å². The largest absolute Gasteiger partial charge is 0.355 e. The van der Waals surface area contributed by atoms with Crippen LogP contribution in [0.3, 0.4) is 0 Å². The Morgan fingerprint density at radius 1 is 1.05 bits per heavy atom. The van der Waals surface area contributed by atoms with Gasteiger partial charge in [-0.1, -0.05) is 6.07 Å². The number of hydrogen-bond acceptors (Lipinski definition) is 4. The van der Waals surface area contributed by atoms with E-state index < -0.39 is 10.0 Å². The van der Waals surface area contributed by atoms with Gasteiger partial charge in [0.05, 0.1) is 16.5 Å². The maximum absolute atomic E-state index is 11.1. The van der Waals surface area contributed by atoms with Gasteiger partial charge in [-0.05, 0) is 42.5 Å². The quantitative estimate of drug-likeness (QED) is 0.893. The van der Waals surface area contributed by atoms with E-state index in [0.29, 0.717) is 11.3 Å². The van der Waals surface area contributed by atoms with Gasteiger partial charge in [0.1, 0.15) is 0 Å². The topological polar surface area (TPSA) is 96.0 Å². The van der Waals surface area contributed by atoms with E-state index in [0.717, 1.165) is 5.69 Å². The molecule has 0 saturated heterocycles. The first-order valence-electron chi connectivity index (χ1n) is 5.39. The van der Waals surface area contributed by atoms with Crippen LogP contribution in [0.15, 0.2) is 53.4 Å². The molecule has 0 amide bonds. The molecule has 0 saturated carbocycles. The SMILES string of the molecule is N#Cc1cccc(Nc2ccc(S(N)(=O)=O)cc2)c1. The van der Waals surface area contributed by atoms with E-state index in [1.165, 1.54) is 12.1 Å². The summed E-state index contributed by atoms with van der Waals surface area (Å²) >= 11 is 0. The van der Waals surface area contributed by atoms with E-state index in [1.54, 1.807) is 30.3 Å². The maximum atomic E-state index is 11.1. The summed E-state index contributed by atoms with van der Waals surface area (Å²) in [5, 5.41) is 16.9. The molecule has 2 aromatic carbocycles. The lowest BCUT2D eigenvalue weighted by Crippen LogP contribution is -2.11. The van der Waals surface area contributed by atoms with Crippen molar-refractivity contribution < 1.29 is 8.42 Å². The van der Waals surface area contributed by atoms with Crippen molar-refractivity contribution >= 4 is 21.4 Å². The van der Waals surface area contributed by atoms with Crippen LogP contribution in [0.1, 0.15) is 5.56 Å². The Morgan fingerprint density at radius 2 is 1.74 bits per heavy atom. The fraction of sp³-hybridized carbons (Fsp3) is 0. The molecule has 0 aliphatic rings. The van der Waals surface area contributed by atoms with Crippen LogP contribution in [-0.4, -0.2) is 8.42 Å². The molecule has 0 aliphatic heterocycles. The second-order valence-electron chi connectivity index (χ2n) is 3.89. The van der Waals surface area contributed by atoms with Crippen molar-refractivity contribution in [1.82, 2.24) is 0 Å². The standard InChI is InChI=1S/C13H11N3O2S/c14-9-10-2-1-3-12(8-10)16-11-4-6-13(7-5-11)19(15,17)18/h1-8,16H,(H2,15,17,18). The molecule has 0 bridgehead atoms. The summed E-state index contributed by atoms with van der Waals surface area (Å²) in [6.45, 7) is 0. The van der Waals surface area contributed by atoms with Gasteiger partial charge in [0, 0.05) is 11.4 Å². The van der Waals surface area contributed by atoms with Crippen molar-refractivity contribution in [2.75, 3.05) is 5.32 Å². The lowest BCUT2D eigenvalue weighted by atomic mass is 10.2. The highest BCUT2D eigenvalue weighted by molar-refractivity contribution is 7.89. The highest BCUT2D eigenvalue weighted by Crippen LogP contribution is 2.19. The van der Waals surface area contributed by atoms with Gasteiger partial charge in [-0.3, -0.25) is 0 Å². The lowest BCUT2D eigenvalue weighted by Gasteiger charge is -2.07. The number of hydrogen-bond donors (Lipinski definition) is 2. The number of nitriles is 1. The highest BCUT2D eigenvalue weighted by atomic mass is 32.2. The first-order valence-corrected chi connectivity index (χ1v) is 6.94. The van der Waals surface area contributed by atoms with Crippen molar-refractivity contribution in [3.05, 3.63) is 54.1 Å². The molecule has 19 heavy (non-hydrogen) atoms. The molecule has 2 aromatic rings. The van der Waals surface area contributed by atoms with Crippen LogP contribution in [0.4, 0.5) is 11.4 Å². The minimum atomic E-state index is -3.67. The van der Waals surface area contributed by atoms with E-state index in [4.69, 9.17) is 10.4 Å². The van der Waals surface area contributed by atoms with E-state index in [1.807, 2.05) is 12.1 Å². The van der Waals surface area contributed by atoms with Gasteiger partial charge in [0.25, 0.3) is 0 Å². The fourth-order valence-corrected chi connectivity index (χ4v) is 2.08. The van der Waals surface area contributed by atoms with E-state index in [9.17, 15) is 8.42 Å². The Hall–Kier alpha value is -2.36. The first-order chi connectivity index (χ1) is 8.99. The van der Waals surface area contributed by atoms with Crippen molar-refractivity contribution in [3.63, 3.8) is 0 Å². The van der Waals surface area contributed by atoms with Crippen LogP contribution in [0.5, 0.6) is 0 Å². The number of nitrogens with one attached hydrogen (secondary N) is 1. The third-order valence-corrected chi connectivity index (χ3v) is 3.39. The predicted octanol–water partition coefficient (Wildman–Crippen LogP) is 1.95. The maximum Gasteiger partial charge on any atom is 0.238 e. The Bertz CT molecular complexity index is 731. The summed E-state index contributed by atoms with van der Waals surface area (Å²) in [4.78, 5) is 0.0591. The van der Waals surface area contributed by atoms with Gasteiger partial charge in [0.15, 0.2) is 0 Å². The number of rotatable bonds is 3. The van der Waals surface area contributed by atoms with E-state index >= 15 is 0 Å². The summed E-state index contributed by atoms with van der Waals surface area (Å²) in [6, 6.07) is 15.1. The molecule has 0 heterocycles. The van der Waals surface area contributed by atoms with Gasteiger partial charge >= 0.3 is 0 Å².